The summed E-state index contributed by atoms with van der Waals surface area (Å²) in [5, 5.41) is 3.31. The number of nitrogens with zero attached hydrogens (tertiary/aromatic N) is 1. The zero-order chi connectivity index (χ0) is 16.9. The lowest BCUT2D eigenvalue weighted by atomic mass is 10.0. The first kappa shape index (κ1) is 20.9. The standard InChI is InChI=1S/C16H25N3O3S.ClH/c1-3-12-19(14-8-10-18-11-9-14)16(20)13-4-6-15(7-5-13)23(21,22)17-2;/h4-7,14,17-18H,3,8-12H2,1-2H3;1H. The van der Waals surface area contributed by atoms with Crippen LogP contribution < -0.4 is 10.0 Å². The Hall–Kier alpha value is -1.15. The Morgan fingerprint density at radius 2 is 1.83 bits per heavy atom. The summed E-state index contributed by atoms with van der Waals surface area (Å²) in [6, 6.07) is 6.40. The Morgan fingerprint density at radius 1 is 1.25 bits per heavy atom. The van der Waals surface area contributed by atoms with Crippen LogP contribution in [0.25, 0.3) is 0 Å². The first-order valence-corrected chi connectivity index (χ1v) is 9.53. The van der Waals surface area contributed by atoms with E-state index in [1.165, 1.54) is 19.2 Å². The molecule has 6 nitrogen and oxygen atoms in total. The van der Waals surface area contributed by atoms with Crippen molar-refractivity contribution in [2.75, 3.05) is 26.7 Å². The van der Waals surface area contributed by atoms with Crippen molar-refractivity contribution in [2.24, 2.45) is 0 Å². The summed E-state index contributed by atoms with van der Waals surface area (Å²) >= 11 is 0. The Bertz CT molecular complexity index is 628. The van der Waals surface area contributed by atoms with Crippen LogP contribution in [0.3, 0.4) is 0 Å². The summed E-state index contributed by atoms with van der Waals surface area (Å²) in [5.74, 6) is -0.0212. The fraction of sp³-hybridized carbons (Fsp3) is 0.562. The van der Waals surface area contributed by atoms with Crippen molar-refractivity contribution in [1.29, 1.82) is 0 Å². The minimum atomic E-state index is -3.47. The van der Waals surface area contributed by atoms with E-state index in [-0.39, 0.29) is 29.3 Å². The molecule has 0 saturated carbocycles. The van der Waals surface area contributed by atoms with Crippen molar-refractivity contribution in [3.8, 4) is 0 Å². The highest BCUT2D eigenvalue weighted by Gasteiger charge is 2.25. The zero-order valence-corrected chi connectivity index (χ0v) is 15.8. The molecule has 24 heavy (non-hydrogen) atoms. The molecule has 1 aliphatic heterocycles. The van der Waals surface area contributed by atoms with E-state index < -0.39 is 10.0 Å². The fourth-order valence-electron chi connectivity index (χ4n) is 2.87. The summed E-state index contributed by atoms with van der Waals surface area (Å²) in [5.41, 5.74) is 0.534. The second kappa shape index (κ2) is 9.36. The van der Waals surface area contributed by atoms with E-state index in [0.29, 0.717) is 5.56 Å². The highest BCUT2D eigenvalue weighted by atomic mass is 35.5. The SMILES string of the molecule is CCCN(C(=O)c1ccc(S(=O)(=O)NC)cc1)C1CCNCC1.Cl. The van der Waals surface area contributed by atoms with E-state index >= 15 is 0 Å². The molecule has 0 aromatic heterocycles. The third-order valence-electron chi connectivity index (χ3n) is 4.16. The number of sulfonamides is 1. The van der Waals surface area contributed by atoms with E-state index in [4.69, 9.17) is 0 Å². The summed E-state index contributed by atoms with van der Waals surface area (Å²) in [4.78, 5) is 14.9. The number of nitrogens with one attached hydrogen (secondary N) is 2. The Balaban J connectivity index is 0.00000288. The molecule has 0 spiro atoms. The number of carbonyl (C=O) groups excluding carboxylic acids is 1. The maximum atomic E-state index is 12.8. The van der Waals surface area contributed by atoms with Gasteiger partial charge in [-0.1, -0.05) is 6.92 Å². The van der Waals surface area contributed by atoms with Crippen LogP contribution in [-0.4, -0.2) is 51.9 Å². The van der Waals surface area contributed by atoms with Crippen molar-refractivity contribution in [1.82, 2.24) is 14.9 Å². The third-order valence-corrected chi connectivity index (χ3v) is 5.59. The van der Waals surface area contributed by atoms with Gasteiger partial charge < -0.3 is 10.2 Å². The molecular formula is C16H26ClN3O3S. The van der Waals surface area contributed by atoms with Crippen LogP contribution in [0, 0.1) is 0 Å². The van der Waals surface area contributed by atoms with Crippen LogP contribution in [0.5, 0.6) is 0 Å². The van der Waals surface area contributed by atoms with Gasteiger partial charge in [0.15, 0.2) is 0 Å². The number of hydrogen-bond acceptors (Lipinski definition) is 4. The Kier molecular flexibility index (Phi) is 8.15. The first-order chi connectivity index (χ1) is 11.0. The molecule has 0 bridgehead atoms. The second-order valence-electron chi connectivity index (χ2n) is 5.71. The Labute approximate surface area is 150 Å². The van der Waals surface area contributed by atoms with Crippen LogP contribution in [-0.2, 0) is 10.0 Å². The summed E-state index contributed by atoms with van der Waals surface area (Å²) < 4.78 is 25.8. The average molecular weight is 376 g/mol. The second-order valence-corrected chi connectivity index (χ2v) is 7.60. The molecule has 1 heterocycles. The van der Waals surface area contributed by atoms with Gasteiger partial charge in [0.05, 0.1) is 4.90 Å². The van der Waals surface area contributed by atoms with Crippen molar-refractivity contribution >= 4 is 28.3 Å². The van der Waals surface area contributed by atoms with E-state index in [1.54, 1.807) is 12.1 Å². The topological polar surface area (TPSA) is 78.5 Å². The molecule has 0 radical (unpaired) electrons. The van der Waals surface area contributed by atoms with Gasteiger partial charge in [-0.3, -0.25) is 4.79 Å². The number of piperidine rings is 1. The predicted octanol–water partition coefficient (Wildman–Crippen LogP) is 1.62. The molecule has 8 heteroatoms. The number of rotatable bonds is 6. The third kappa shape index (κ3) is 4.92. The predicted molar refractivity (Wildman–Crippen MR) is 97.2 cm³/mol. The van der Waals surface area contributed by atoms with Crippen molar-refractivity contribution in [3.05, 3.63) is 29.8 Å². The molecule has 1 aromatic rings. The van der Waals surface area contributed by atoms with Crippen LogP contribution >= 0.6 is 12.4 Å². The molecule has 1 aliphatic rings. The average Bonchev–Trinajstić information content (AvgIpc) is 2.60. The van der Waals surface area contributed by atoms with E-state index in [9.17, 15) is 13.2 Å². The number of benzene rings is 1. The van der Waals surface area contributed by atoms with Crippen LogP contribution in [0.2, 0.25) is 0 Å². The van der Waals surface area contributed by atoms with Crippen molar-refractivity contribution in [3.63, 3.8) is 0 Å². The lowest BCUT2D eigenvalue weighted by Gasteiger charge is -2.34. The van der Waals surface area contributed by atoms with E-state index in [1.807, 2.05) is 4.90 Å². The fourth-order valence-corrected chi connectivity index (χ4v) is 3.60. The first-order valence-electron chi connectivity index (χ1n) is 8.05. The normalized spacial score (nSPS) is 15.6. The lowest BCUT2D eigenvalue weighted by molar-refractivity contribution is 0.0642. The van der Waals surface area contributed by atoms with Crippen LogP contribution in [0.4, 0.5) is 0 Å². The maximum absolute atomic E-state index is 12.8. The van der Waals surface area contributed by atoms with Crippen LogP contribution in [0.15, 0.2) is 29.2 Å². The number of halogens is 1. The molecule has 1 saturated heterocycles. The zero-order valence-electron chi connectivity index (χ0n) is 14.1. The lowest BCUT2D eigenvalue weighted by Crippen LogP contribution is -2.46. The molecule has 0 atom stereocenters. The minimum absolute atomic E-state index is 0. The largest absolute Gasteiger partial charge is 0.336 e. The molecule has 0 unspecified atom stereocenters. The van der Waals surface area contributed by atoms with Crippen molar-refractivity contribution in [2.45, 2.75) is 37.1 Å². The molecule has 1 fully saturated rings. The van der Waals surface area contributed by atoms with Gasteiger partial charge in [0.25, 0.3) is 5.91 Å². The van der Waals surface area contributed by atoms with Crippen molar-refractivity contribution < 1.29 is 13.2 Å². The quantitative estimate of drug-likeness (QED) is 0.792. The minimum Gasteiger partial charge on any atom is -0.336 e. The molecule has 1 amide bonds. The van der Waals surface area contributed by atoms with Gasteiger partial charge in [0.2, 0.25) is 10.0 Å². The highest BCUT2D eigenvalue weighted by Crippen LogP contribution is 2.18. The van der Waals surface area contributed by atoms with Crippen LogP contribution in [0.1, 0.15) is 36.5 Å². The smallest absolute Gasteiger partial charge is 0.254 e. The molecule has 2 N–H and O–H groups in total. The molecular weight excluding hydrogens is 350 g/mol. The van der Waals surface area contributed by atoms with E-state index in [2.05, 4.69) is 17.0 Å². The highest BCUT2D eigenvalue weighted by molar-refractivity contribution is 7.89. The maximum Gasteiger partial charge on any atom is 0.254 e. The monoisotopic (exact) mass is 375 g/mol. The van der Waals surface area contributed by atoms with Gasteiger partial charge in [0.1, 0.15) is 0 Å². The number of carbonyl (C=O) groups is 1. The molecule has 136 valence electrons. The van der Waals surface area contributed by atoms with Gasteiger partial charge in [-0.05, 0) is 63.7 Å². The summed E-state index contributed by atoms with van der Waals surface area (Å²) in [6.45, 7) is 4.64. The summed E-state index contributed by atoms with van der Waals surface area (Å²) in [6.07, 6.45) is 2.82. The molecule has 2 rings (SSSR count). The molecule has 1 aromatic carbocycles. The van der Waals surface area contributed by atoms with Gasteiger partial charge in [0, 0.05) is 18.2 Å². The number of hydrogen-bond donors (Lipinski definition) is 2. The van der Waals surface area contributed by atoms with Gasteiger partial charge in [-0.2, -0.15) is 0 Å². The van der Waals surface area contributed by atoms with Gasteiger partial charge in [-0.15, -0.1) is 12.4 Å². The number of amides is 1. The summed E-state index contributed by atoms with van der Waals surface area (Å²) in [7, 11) is -2.11. The molecule has 0 aliphatic carbocycles. The Morgan fingerprint density at radius 3 is 2.33 bits per heavy atom. The van der Waals surface area contributed by atoms with E-state index in [0.717, 1.165) is 38.9 Å². The van der Waals surface area contributed by atoms with Gasteiger partial charge >= 0.3 is 0 Å². The van der Waals surface area contributed by atoms with Gasteiger partial charge in [-0.25, -0.2) is 13.1 Å².